The number of fused-ring (bicyclic) bond motifs is 1. The summed E-state index contributed by atoms with van der Waals surface area (Å²) in [6, 6.07) is 11.4. The number of rotatable bonds is 3. The first-order chi connectivity index (χ1) is 17.5. The maximum absolute atomic E-state index is 12.6. The molecule has 180 valence electrons. The van der Waals surface area contributed by atoms with Crippen LogP contribution in [0.2, 0.25) is 0 Å². The molecule has 1 fully saturated rings. The SMILES string of the molecule is CC#CC(=O)N1CCC[C@H]1c1nc(-c2ccc(C(=O)N=c3ccccn3O)cc2)c2c(N)nccn12. The lowest BCUT2D eigenvalue weighted by Gasteiger charge is -2.21. The van der Waals surface area contributed by atoms with Crippen molar-refractivity contribution in [2.45, 2.75) is 25.8 Å². The second-order valence-electron chi connectivity index (χ2n) is 8.28. The summed E-state index contributed by atoms with van der Waals surface area (Å²) < 4.78 is 2.65. The lowest BCUT2D eigenvalue weighted by molar-refractivity contribution is -0.126. The highest BCUT2D eigenvalue weighted by Crippen LogP contribution is 2.36. The molecule has 1 aromatic carbocycles. The van der Waals surface area contributed by atoms with Gasteiger partial charge in [0.25, 0.3) is 11.8 Å². The lowest BCUT2D eigenvalue weighted by Crippen LogP contribution is -2.30. The number of anilines is 1. The van der Waals surface area contributed by atoms with E-state index < -0.39 is 5.91 Å². The van der Waals surface area contributed by atoms with Crippen molar-refractivity contribution >= 4 is 23.1 Å². The lowest BCUT2D eigenvalue weighted by atomic mass is 10.1. The molecule has 1 atom stereocenters. The van der Waals surface area contributed by atoms with Gasteiger partial charge in [-0.2, -0.15) is 9.72 Å². The van der Waals surface area contributed by atoms with E-state index in [0.29, 0.717) is 35.0 Å². The van der Waals surface area contributed by atoms with Crippen molar-refractivity contribution in [3.05, 3.63) is 77.9 Å². The minimum absolute atomic E-state index is 0.124. The van der Waals surface area contributed by atoms with E-state index in [1.807, 2.05) is 4.40 Å². The van der Waals surface area contributed by atoms with E-state index in [1.165, 1.54) is 12.3 Å². The zero-order valence-corrected chi connectivity index (χ0v) is 19.5. The topological polar surface area (TPSA) is 131 Å². The van der Waals surface area contributed by atoms with E-state index in [9.17, 15) is 14.8 Å². The highest BCUT2D eigenvalue weighted by molar-refractivity contribution is 5.96. The Bertz CT molecular complexity index is 1610. The average molecular weight is 482 g/mol. The van der Waals surface area contributed by atoms with Crippen LogP contribution in [0.15, 0.2) is 66.0 Å². The molecule has 0 unspecified atom stereocenters. The standard InChI is InChI=1S/C26H23N7O3/c1-2-6-21(34)31-14-5-7-19(31)25-30-22(23-24(27)28-13-16-32(23)25)17-9-11-18(12-10-17)26(35)29-20-8-3-4-15-33(20)36/h3-4,8-13,15-16,19,36H,5,7,14H2,1H3,(H2,27,28)/t19-/m0/s1. The van der Waals surface area contributed by atoms with Gasteiger partial charge in [0.05, 0.1) is 6.04 Å². The molecule has 0 bridgehead atoms. The molecular weight excluding hydrogens is 458 g/mol. The number of aromatic nitrogens is 4. The third kappa shape index (κ3) is 4.07. The van der Waals surface area contributed by atoms with Gasteiger partial charge in [-0.3, -0.25) is 14.0 Å². The number of nitrogens with two attached hydrogens (primary N) is 1. The maximum Gasteiger partial charge on any atom is 0.299 e. The van der Waals surface area contributed by atoms with Gasteiger partial charge in [0.1, 0.15) is 22.9 Å². The molecule has 0 radical (unpaired) electrons. The smallest absolute Gasteiger partial charge is 0.299 e. The number of nitrogen functional groups attached to an aromatic ring is 1. The highest BCUT2D eigenvalue weighted by Gasteiger charge is 2.33. The summed E-state index contributed by atoms with van der Waals surface area (Å²) in [6.45, 7) is 2.25. The number of likely N-dealkylation sites (tertiary alicyclic amines) is 1. The van der Waals surface area contributed by atoms with Gasteiger partial charge >= 0.3 is 0 Å². The van der Waals surface area contributed by atoms with Crippen LogP contribution in [0, 0.1) is 11.8 Å². The van der Waals surface area contributed by atoms with E-state index in [-0.39, 0.29) is 17.4 Å². The fraction of sp³-hybridized carbons (Fsp3) is 0.192. The van der Waals surface area contributed by atoms with E-state index >= 15 is 0 Å². The van der Waals surface area contributed by atoms with Crippen molar-refractivity contribution in [1.82, 2.24) is 24.0 Å². The normalized spacial score (nSPS) is 15.6. The summed E-state index contributed by atoms with van der Waals surface area (Å²) in [5.41, 5.74) is 8.69. The van der Waals surface area contributed by atoms with Gasteiger partial charge in [-0.1, -0.05) is 24.1 Å². The predicted molar refractivity (Wildman–Crippen MR) is 131 cm³/mol. The summed E-state index contributed by atoms with van der Waals surface area (Å²) in [4.78, 5) is 40.1. The number of carbonyl (C=O) groups is 2. The molecule has 4 aromatic rings. The molecule has 1 aliphatic rings. The molecular formula is C26H23N7O3. The fourth-order valence-corrected chi connectivity index (χ4v) is 4.43. The van der Waals surface area contributed by atoms with E-state index in [2.05, 4.69) is 21.8 Å². The van der Waals surface area contributed by atoms with E-state index in [1.54, 1.807) is 60.6 Å². The molecule has 3 N–H and O–H groups in total. The fourth-order valence-electron chi connectivity index (χ4n) is 4.43. The first kappa shape index (κ1) is 22.9. The van der Waals surface area contributed by atoms with Gasteiger partial charge in [0.15, 0.2) is 5.49 Å². The Morgan fingerprint density at radius 3 is 2.72 bits per heavy atom. The van der Waals surface area contributed by atoms with Crippen LogP contribution < -0.4 is 11.2 Å². The van der Waals surface area contributed by atoms with Crippen molar-refractivity contribution < 1.29 is 14.8 Å². The Hall–Kier alpha value is -4.91. The summed E-state index contributed by atoms with van der Waals surface area (Å²) in [5, 5.41) is 9.81. The summed E-state index contributed by atoms with van der Waals surface area (Å²) in [5.74, 6) is 5.57. The molecule has 36 heavy (non-hydrogen) atoms. The van der Waals surface area contributed by atoms with Crippen LogP contribution in [0.3, 0.4) is 0 Å². The molecule has 1 aliphatic heterocycles. The number of pyridine rings is 1. The maximum atomic E-state index is 12.6. The molecule has 3 aromatic heterocycles. The van der Waals surface area contributed by atoms with Crippen LogP contribution in [-0.4, -0.2) is 47.6 Å². The van der Waals surface area contributed by atoms with Gasteiger partial charge in [-0.25, -0.2) is 9.97 Å². The Morgan fingerprint density at radius 2 is 1.97 bits per heavy atom. The summed E-state index contributed by atoms with van der Waals surface area (Å²) in [7, 11) is 0. The third-order valence-corrected chi connectivity index (χ3v) is 6.09. The van der Waals surface area contributed by atoms with Crippen molar-refractivity contribution in [2.24, 2.45) is 4.99 Å². The molecule has 0 spiro atoms. The molecule has 10 heteroatoms. The molecule has 0 aliphatic carbocycles. The largest absolute Gasteiger partial charge is 0.427 e. The summed E-state index contributed by atoms with van der Waals surface area (Å²) in [6.07, 6.45) is 6.39. The van der Waals surface area contributed by atoms with Crippen molar-refractivity contribution in [3.63, 3.8) is 0 Å². The van der Waals surface area contributed by atoms with Gasteiger partial charge < -0.3 is 15.8 Å². The Kier molecular flexibility index (Phi) is 5.96. The first-order valence-electron chi connectivity index (χ1n) is 11.4. The third-order valence-electron chi connectivity index (χ3n) is 6.09. The molecule has 10 nitrogen and oxygen atoms in total. The van der Waals surface area contributed by atoms with Crippen molar-refractivity contribution in [1.29, 1.82) is 0 Å². The van der Waals surface area contributed by atoms with Crippen LogP contribution in [0.4, 0.5) is 5.82 Å². The van der Waals surface area contributed by atoms with Crippen LogP contribution in [0.5, 0.6) is 0 Å². The Labute approximate surface area is 206 Å². The van der Waals surface area contributed by atoms with Gasteiger partial charge in [-0.15, -0.1) is 0 Å². The first-order valence-corrected chi connectivity index (χ1v) is 11.4. The van der Waals surface area contributed by atoms with Crippen LogP contribution in [0.1, 0.15) is 42.0 Å². The minimum Gasteiger partial charge on any atom is -0.427 e. The minimum atomic E-state index is -0.496. The zero-order valence-electron chi connectivity index (χ0n) is 19.5. The summed E-state index contributed by atoms with van der Waals surface area (Å²) >= 11 is 0. The quantitative estimate of drug-likeness (QED) is 0.341. The average Bonchev–Trinajstić information content (AvgIpc) is 3.51. The van der Waals surface area contributed by atoms with Crippen molar-refractivity contribution in [3.8, 4) is 23.1 Å². The molecule has 0 saturated carbocycles. The molecule has 2 amide bonds. The number of hydrogen-bond acceptors (Lipinski definition) is 6. The molecule has 4 heterocycles. The zero-order chi connectivity index (χ0) is 25.2. The second-order valence-corrected chi connectivity index (χ2v) is 8.28. The number of hydrogen-bond donors (Lipinski definition) is 2. The Morgan fingerprint density at radius 1 is 1.17 bits per heavy atom. The number of nitrogens with zero attached hydrogens (tertiary/aromatic N) is 6. The number of imidazole rings is 1. The predicted octanol–water partition coefficient (Wildman–Crippen LogP) is 2.45. The Balaban J connectivity index is 1.54. The number of amides is 2. The van der Waals surface area contributed by atoms with Gasteiger partial charge in [0, 0.05) is 36.3 Å². The number of carbonyl (C=O) groups excluding carboxylic acids is 2. The van der Waals surface area contributed by atoms with Crippen LogP contribution >= 0.6 is 0 Å². The second kappa shape index (κ2) is 9.38. The monoisotopic (exact) mass is 481 g/mol. The van der Waals surface area contributed by atoms with E-state index in [4.69, 9.17) is 10.7 Å². The van der Waals surface area contributed by atoms with Crippen LogP contribution in [-0.2, 0) is 4.79 Å². The highest BCUT2D eigenvalue weighted by atomic mass is 16.5. The van der Waals surface area contributed by atoms with Gasteiger partial charge in [0.2, 0.25) is 0 Å². The number of benzene rings is 1. The van der Waals surface area contributed by atoms with E-state index in [0.717, 1.165) is 23.1 Å². The molecule has 1 saturated heterocycles. The van der Waals surface area contributed by atoms with Crippen LogP contribution in [0.25, 0.3) is 16.8 Å². The van der Waals surface area contributed by atoms with Crippen molar-refractivity contribution in [2.75, 3.05) is 12.3 Å². The molecule has 5 rings (SSSR count). The van der Waals surface area contributed by atoms with Gasteiger partial charge in [-0.05, 0) is 50.0 Å².